The van der Waals surface area contributed by atoms with Crippen LogP contribution in [0.15, 0.2) is 85.1 Å². The molecule has 1 fully saturated rings. The van der Waals surface area contributed by atoms with E-state index in [0.29, 0.717) is 11.4 Å². The third-order valence-electron chi connectivity index (χ3n) is 5.79. The average Bonchev–Trinajstić information content (AvgIpc) is 3.40. The highest BCUT2D eigenvalue weighted by atomic mass is 19.3. The van der Waals surface area contributed by atoms with E-state index in [0.717, 1.165) is 30.5 Å². The number of benzene rings is 3. The van der Waals surface area contributed by atoms with E-state index in [2.05, 4.69) is 16.6 Å². The van der Waals surface area contributed by atoms with E-state index in [1.54, 1.807) is 4.90 Å². The van der Waals surface area contributed by atoms with Crippen LogP contribution in [0.4, 0.5) is 14.5 Å². The van der Waals surface area contributed by atoms with Gasteiger partial charge >= 0.3 is 6.61 Å². The summed E-state index contributed by atoms with van der Waals surface area (Å²) in [5, 5.41) is 3.39. The number of amides is 1. The monoisotopic (exact) mass is 464 g/mol. The van der Waals surface area contributed by atoms with Crippen molar-refractivity contribution in [2.45, 2.75) is 25.5 Å². The molecule has 0 saturated carbocycles. The Labute approximate surface area is 197 Å². The fraction of sp³-hybridized carbons (Fsp3) is 0.222. The van der Waals surface area contributed by atoms with Crippen LogP contribution in [-0.4, -0.2) is 32.2 Å². The number of halogens is 2. The fourth-order valence-corrected chi connectivity index (χ4v) is 4.12. The van der Waals surface area contributed by atoms with E-state index in [1.807, 2.05) is 54.6 Å². The highest BCUT2D eigenvalue weighted by molar-refractivity contribution is 6.09. The molecule has 1 saturated heterocycles. The van der Waals surface area contributed by atoms with Crippen LogP contribution in [0.2, 0.25) is 0 Å². The Bertz CT molecular complexity index is 1160. The Balaban J connectivity index is 1.74. The Morgan fingerprint density at radius 1 is 1.03 bits per heavy atom. The largest absolute Gasteiger partial charge is 0.493 e. The second-order valence-corrected chi connectivity index (χ2v) is 7.94. The summed E-state index contributed by atoms with van der Waals surface area (Å²) in [4.78, 5) is 15.4. The number of hydrogen-bond donors (Lipinski definition) is 1. The zero-order valence-corrected chi connectivity index (χ0v) is 18.8. The second kappa shape index (κ2) is 10.5. The zero-order valence-electron chi connectivity index (χ0n) is 18.8. The molecule has 1 amide bonds. The van der Waals surface area contributed by atoms with Crippen molar-refractivity contribution in [1.29, 1.82) is 0 Å². The van der Waals surface area contributed by atoms with Gasteiger partial charge < -0.3 is 14.8 Å². The van der Waals surface area contributed by atoms with Crippen LogP contribution in [0.1, 0.15) is 23.2 Å². The molecular weight excluding hydrogens is 438 g/mol. The molecule has 1 aliphatic rings. The van der Waals surface area contributed by atoms with Gasteiger partial charge in [-0.25, -0.2) is 0 Å². The molecule has 0 bridgehead atoms. The fourth-order valence-electron chi connectivity index (χ4n) is 4.12. The molecule has 1 N–H and O–H groups in total. The van der Waals surface area contributed by atoms with E-state index in [1.165, 1.54) is 25.3 Å². The maximum absolute atomic E-state index is 13.8. The molecule has 0 aromatic heterocycles. The van der Waals surface area contributed by atoms with E-state index in [9.17, 15) is 13.6 Å². The van der Waals surface area contributed by atoms with Crippen molar-refractivity contribution in [3.05, 3.63) is 90.6 Å². The van der Waals surface area contributed by atoms with Crippen molar-refractivity contribution in [1.82, 2.24) is 5.32 Å². The Morgan fingerprint density at radius 3 is 2.47 bits per heavy atom. The molecule has 0 aliphatic carbocycles. The number of ether oxygens (including phenoxy) is 2. The topological polar surface area (TPSA) is 50.8 Å². The van der Waals surface area contributed by atoms with Gasteiger partial charge in [-0.2, -0.15) is 8.78 Å². The van der Waals surface area contributed by atoms with E-state index in [4.69, 9.17) is 4.74 Å². The smallest absolute Gasteiger partial charge is 0.387 e. The van der Waals surface area contributed by atoms with Crippen LogP contribution in [0, 0.1) is 0 Å². The lowest BCUT2D eigenvalue weighted by Crippen LogP contribution is -2.38. The van der Waals surface area contributed by atoms with Crippen LogP contribution in [0.5, 0.6) is 11.5 Å². The molecule has 1 heterocycles. The Hall–Kier alpha value is -3.71. The normalized spacial score (nSPS) is 15.2. The number of hydrogen-bond acceptors (Lipinski definition) is 4. The lowest BCUT2D eigenvalue weighted by Gasteiger charge is -2.29. The van der Waals surface area contributed by atoms with Gasteiger partial charge in [-0.1, -0.05) is 49.0 Å². The summed E-state index contributed by atoms with van der Waals surface area (Å²) in [6.07, 6.45) is 1.86. The van der Waals surface area contributed by atoms with Gasteiger partial charge in [-0.05, 0) is 60.8 Å². The molecule has 0 unspecified atom stereocenters. The molecule has 1 atom stereocenters. The first kappa shape index (κ1) is 23.4. The number of nitrogens with zero attached hydrogens (tertiary/aromatic N) is 1. The Morgan fingerprint density at radius 2 is 1.79 bits per heavy atom. The van der Waals surface area contributed by atoms with Crippen molar-refractivity contribution < 1.29 is 23.0 Å². The zero-order chi connectivity index (χ0) is 24.1. The number of rotatable bonds is 8. The molecule has 4 rings (SSSR count). The van der Waals surface area contributed by atoms with Crippen LogP contribution < -0.4 is 19.7 Å². The lowest BCUT2D eigenvalue weighted by molar-refractivity contribution is -0.0512. The number of nitrogens with one attached hydrogen (secondary N) is 1. The van der Waals surface area contributed by atoms with Gasteiger partial charge in [-0.15, -0.1) is 0 Å². The average molecular weight is 465 g/mol. The molecule has 3 aromatic rings. The van der Waals surface area contributed by atoms with E-state index < -0.39 is 6.61 Å². The van der Waals surface area contributed by atoms with Crippen LogP contribution in [0.25, 0.3) is 11.1 Å². The summed E-state index contributed by atoms with van der Waals surface area (Å²) in [6, 6.07) is 21.7. The van der Waals surface area contributed by atoms with Crippen LogP contribution >= 0.6 is 0 Å². The number of carbonyl (C=O) groups excluding carboxylic acids is 1. The third kappa shape index (κ3) is 5.10. The van der Waals surface area contributed by atoms with Crippen LogP contribution in [-0.2, 0) is 0 Å². The van der Waals surface area contributed by atoms with Crippen molar-refractivity contribution in [3.63, 3.8) is 0 Å². The summed E-state index contributed by atoms with van der Waals surface area (Å²) < 4.78 is 35.2. The quantitative estimate of drug-likeness (QED) is 0.453. The first-order valence-electron chi connectivity index (χ1n) is 11.0. The molecule has 34 heavy (non-hydrogen) atoms. The third-order valence-corrected chi connectivity index (χ3v) is 5.79. The van der Waals surface area contributed by atoms with Crippen LogP contribution in [0.3, 0.4) is 0 Å². The molecule has 0 spiro atoms. The predicted octanol–water partition coefficient (Wildman–Crippen LogP) is 5.88. The standard InChI is InChI=1S/C27H26F2N2O3/c1-18(23-12-7-15-30-23)31(22-11-6-10-20(16-22)19-8-4-3-5-9-19)26(32)21-13-14-24(34-27(28)29)25(17-21)33-2/h3-6,8-11,13-14,16-17,23,27,30H,1,7,12,15H2,2H3/t23-/m0/s1. The minimum absolute atomic E-state index is 0.0485. The first-order chi connectivity index (χ1) is 16.5. The lowest BCUT2D eigenvalue weighted by atomic mass is 10.0. The van der Waals surface area contributed by atoms with Gasteiger partial charge in [0.1, 0.15) is 0 Å². The number of methoxy groups -OCH3 is 1. The maximum atomic E-state index is 13.8. The number of carbonyl (C=O) groups is 1. The van der Waals surface area contributed by atoms with Crippen molar-refractivity contribution >= 4 is 11.6 Å². The molecule has 3 aromatic carbocycles. The summed E-state index contributed by atoms with van der Waals surface area (Å²) >= 11 is 0. The molecule has 5 nitrogen and oxygen atoms in total. The van der Waals surface area contributed by atoms with Crippen molar-refractivity contribution in [2.24, 2.45) is 0 Å². The van der Waals surface area contributed by atoms with Gasteiger partial charge in [0, 0.05) is 23.0 Å². The number of alkyl halides is 2. The minimum atomic E-state index is -3.00. The molecule has 7 heteroatoms. The van der Waals surface area contributed by atoms with Gasteiger partial charge in [-0.3, -0.25) is 9.69 Å². The second-order valence-electron chi connectivity index (χ2n) is 7.94. The Kier molecular flexibility index (Phi) is 7.23. The predicted molar refractivity (Wildman–Crippen MR) is 128 cm³/mol. The summed E-state index contributed by atoms with van der Waals surface area (Å²) in [7, 11) is 1.34. The van der Waals surface area contributed by atoms with Gasteiger partial charge in [0.05, 0.1) is 7.11 Å². The van der Waals surface area contributed by atoms with Gasteiger partial charge in [0.15, 0.2) is 11.5 Å². The highest BCUT2D eigenvalue weighted by Gasteiger charge is 2.28. The summed E-state index contributed by atoms with van der Waals surface area (Å²) in [5.74, 6) is -0.428. The van der Waals surface area contributed by atoms with Gasteiger partial charge in [0.25, 0.3) is 5.91 Å². The first-order valence-corrected chi connectivity index (χ1v) is 11.0. The molecular formula is C27H26F2N2O3. The number of anilines is 1. The molecule has 176 valence electrons. The molecule has 1 aliphatic heterocycles. The van der Waals surface area contributed by atoms with Crippen molar-refractivity contribution in [2.75, 3.05) is 18.6 Å². The maximum Gasteiger partial charge on any atom is 0.387 e. The SMILES string of the molecule is C=C([C@@H]1CCCN1)N(C(=O)c1ccc(OC(F)F)c(OC)c1)c1cccc(-c2ccccc2)c1. The van der Waals surface area contributed by atoms with Crippen molar-refractivity contribution in [3.8, 4) is 22.6 Å². The molecule has 0 radical (unpaired) electrons. The van der Waals surface area contributed by atoms with E-state index in [-0.39, 0.29) is 29.0 Å². The minimum Gasteiger partial charge on any atom is -0.493 e. The summed E-state index contributed by atoms with van der Waals surface area (Å²) in [5.41, 5.74) is 3.54. The summed E-state index contributed by atoms with van der Waals surface area (Å²) in [6.45, 7) is 2.10. The van der Waals surface area contributed by atoms with Gasteiger partial charge in [0.2, 0.25) is 0 Å². The highest BCUT2D eigenvalue weighted by Crippen LogP contribution is 2.33. The van der Waals surface area contributed by atoms with E-state index >= 15 is 0 Å².